The van der Waals surface area contributed by atoms with Crippen LogP contribution in [-0.2, 0) is 6.42 Å². The van der Waals surface area contributed by atoms with Gasteiger partial charge < -0.3 is 46.3 Å². The van der Waals surface area contributed by atoms with Gasteiger partial charge in [0.05, 0.1) is 18.3 Å². The van der Waals surface area contributed by atoms with E-state index in [0.717, 1.165) is 55.0 Å². The molecule has 0 spiro atoms. The van der Waals surface area contributed by atoms with E-state index in [1.807, 2.05) is 0 Å². The molecule has 0 unspecified atom stereocenters. The molecular formula is C36H54N4O8. The van der Waals surface area contributed by atoms with Gasteiger partial charge >= 0.3 is 5.97 Å². The second kappa shape index (κ2) is 16.2. The molecule has 48 heavy (non-hydrogen) atoms. The van der Waals surface area contributed by atoms with Crippen molar-refractivity contribution in [1.82, 2.24) is 15.3 Å². The molecule has 1 aromatic heterocycles. The van der Waals surface area contributed by atoms with Gasteiger partial charge in [-0.1, -0.05) is 25.3 Å². The lowest BCUT2D eigenvalue weighted by molar-refractivity contribution is -0.113. The molecule has 0 saturated heterocycles. The number of nitrogens with one attached hydrogen (secondary N) is 3. The zero-order chi connectivity index (χ0) is 34.4. The molecule has 1 heterocycles. The molecule has 1 aromatic carbocycles. The lowest BCUT2D eigenvalue weighted by atomic mass is 9.48. The van der Waals surface area contributed by atoms with Gasteiger partial charge in [0.2, 0.25) is 0 Å². The van der Waals surface area contributed by atoms with Gasteiger partial charge in [0.1, 0.15) is 29.8 Å². The molecule has 7 rings (SSSR count). The minimum atomic E-state index is -1.55. The lowest BCUT2D eigenvalue weighted by Gasteiger charge is -2.57. The topological polar surface area (TPSA) is 208 Å². The molecule has 4 bridgehead atoms. The van der Waals surface area contributed by atoms with E-state index in [1.165, 1.54) is 69.9 Å². The highest BCUT2D eigenvalue weighted by Crippen LogP contribution is 2.61. The Morgan fingerprint density at radius 3 is 2.17 bits per heavy atom. The van der Waals surface area contributed by atoms with Crippen molar-refractivity contribution in [3.8, 4) is 0 Å². The highest BCUT2D eigenvalue weighted by atomic mass is 16.4. The van der Waals surface area contributed by atoms with E-state index in [9.17, 15) is 19.8 Å². The van der Waals surface area contributed by atoms with Gasteiger partial charge in [-0.15, -0.1) is 0 Å². The van der Waals surface area contributed by atoms with E-state index < -0.39 is 37.0 Å². The number of aliphatic hydroxyl groups is 5. The normalized spacial score (nSPS) is 27.4. The van der Waals surface area contributed by atoms with Gasteiger partial charge in [-0.3, -0.25) is 4.79 Å². The molecule has 12 nitrogen and oxygen atoms in total. The summed E-state index contributed by atoms with van der Waals surface area (Å²) in [4.78, 5) is 33.2. The smallest absolute Gasteiger partial charge is 0.335 e. The highest BCUT2D eigenvalue weighted by molar-refractivity contribution is 6.04. The molecule has 5 aliphatic carbocycles. The van der Waals surface area contributed by atoms with Crippen molar-refractivity contribution in [3.63, 3.8) is 0 Å². The number of rotatable bonds is 13. The van der Waals surface area contributed by atoms with Gasteiger partial charge in [-0.2, -0.15) is 0 Å². The van der Waals surface area contributed by atoms with Crippen LogP contribution in [0.15, 0.2) is 24.3 Å². The number of anilines is 1. The monoisotopic (exact) mass is 670 g/mol. The number of carboxylic acids is 1. The van der Waals surface area contributed by atoms with Crippen molar-refractivity contribution < 1.29 is 40.2 Å². The Hall–Kier alpha value is -2.87. The number of hydrogen-bond donors (Lipinski definition) is 9. The first-order valence-corrected chi connectivity index (χ1v) is 17.7. The van der Waals surface area contributed by atoms with Crippen molar-refractivity contribution in [3.05, 3.63) is 47.0 Å². The van der Waals surface area contributed by atoms with Gasteiger partial charge in [-0.25, -0.2) is 9.78 Å². The first-order chi connectivity index (χ1) is 23.0. The number of carboxylic acid groups (broad SMARTS) is 1. The Morgan fingerprint density at radius 1 is 0.958 bits per heavy atom. The van der Waals surface area contributed by atoms with Gasteiger partial charge in [0.15, 0.2) is 0 Å². The van der Waals surface area contributed by atoms with E-state index in [1.54, 1.807) is 19.2 Å². The molecular weight excluding hydrogens is 616 g/mol. The molecule has 12 heteroatoms. The fourth-order valence-corrected chi connectivity index (χ4v) is 9.17. The number of benzene rings is 1. The Bertz CT molecular complexity index is 1340. The summed E-state index contributed by atoms with van der Waals surface area (Å²) >= 11 is 0. The van der Waals surface area contributed by atoms with Crippen LogP contribution in [-0.4, -0.2) is 97.1 Å². The second-order valence-corrected chi connectivity index (χ2v) is 14.9. The van der Waals surface area contributed by atoms with Crippen LogP contribution in [0.4, 0.5) is 5.69 Å². The predicted octanol–water partition coefficient (Wildman–Crippen LogP) is 3.20. The summed E-state index contributed by atoms with van der Waals surface area (Å²) in [5.74, 6) is 2.89. The molecule has 5 saturated carbocycles. The van der Waals surface area contributed by atoms with E-state index >= 15 is 0 Å². The molecule has 5 aliphatic rings. The largest absolute Gasteiger partial charge is 0.478 e. The Balaban J connectivity index is 0.000000296. The maximum absolute atomic E-state index is 13.4. The van der Waals surface area contributed by atoms with Gasteiger partial charge in [-0.05, 0) is 113 Å². The molecule has 266 valence electrons. The van der Waals surface area contributed by atoms with Crippen LogP contribution < -0.4 is 10.6 Å². The van der Waals surface area contributed by atoms with Crippen molar-refractivity contribution in [1.29, 1.82) is 0 Å². The molecule has 2 aromatic rings. The van der Waals surface area contributed by atoms with Crippen LogP contribution in [0.5, 0.6) is 0 Å². The maximum atomic E-state index is 13.4. The SMILES string of the molecule is CNC[C@H](O)[C@@H](O)[C@H](O)[C@H](O)CO.O=C(O)c1cccc(NC(=O)c2nc(C3CCCCC3)[nH]c2CCC23CC4CC(CC(C4)C2)C3)c1. The number of aliphatic hydroxyl groups excluding tert-OH is 5. The number of H-pyrrole nitrogens is 1. The summed E-state index contributed by atoms with van der Waals surface area (Å²) in [6.07, 6.45) is 10.8. The van der Waals surface area contributed by atoms with Crippen molar-refractivity contribution in [2.75, 3.05) is 25.5 Å². The summed E-state index contributed by atoms with van der Waals surface area (Å²) < 4.78 is 0. The first kappa shape index (κ1) is 36.4. The maximum Gasteiger partial charge on any atom is 0.335 e. The summed E-state index contributed by atoms with van der Waals surface area (Å²) in [5.41, 5.74) is 2.57. The van der Waals surface area contributed by atoms with E-state index in [-0.39, 0.29) is 18.0 Å². The van der Waals surface area contributed by atoms with Crippen LogP contribution in [0.25, 0.3) is 0 Å². The molecule has 4 atom stereocenters. The fourth-order valence-electron chi connectivity index (χ4n) is 9.17. The zero-order valence-electron chi connectivity index (χ0n) is 28.0. The Morgan fingerprint density at radius 2 is 1.58 bits per heavy atom. The van der Waals surface area contributed by atoms with Crippen LogP contribution in [0.2, 0.25) is 0 Å². The van der Waals surface area contributed by atoms with Gasteiger partial charge in [0, 0.05) is 23.8 Å². The van der Waals surface area contributed by atoms with E-state index in [0.29, 0.717) is 22.7 Å². The summed E-state index contributed by atoms with van der Waals surface area (Å²) in [6.45, 7) is -0.569. The standard InChI is InChI=1S/C29H37N3O3.C7H17NO5/c33-27(30-23-8-4-7-22(14-23)28(34)35)25-24(31-26(32-25)21-5-2-1-3-6-21)9-10-29-15-18-11-19(16-29)13-20(12-18)17-29;1-8-2-4(10)6(12)7(13)5(11)3-9/h4,7-8,14,18-21H,1-3,5-6,9-13,15-17H2,(H,30,33)(H,31,32)(H,34,35);4-13H,2-3H2,1H3/t;4-,5+,6+,7+/m.0/s1. The van der Waals surface area contributed by atoms with Crippen molar-refractivity contribution in [2.24, 2.45) is 23.2 Å². The summed E-state index contributed by atoms with van der Waals surface area (Å²) in [7, 11) is 1.57. The number of likely N-dealkylation sites (N-methyl/N-ethyl adjacent to an activating group) is 1. The Kier molecular flexibility index (Phi) is 12.3. The number of carbonyl (C=O) groups is 2. The van der Waals surface area contributed by atoms with E-state index in [4.69, 9.17) is 25.4 Å². The summed E-state index contributed by atoms with van der Waals surface area (Å²) in [5, 5.41) is 59.7. The lowest BCUT2D eigenvalue weighted by Crippen LogP contribution is -2.48. The molecule has 9 N–H and O–H groups in total. The number of aromatic carboxylic acids is 1. The van der Waals surface area contributed by atoms with Crippen LogP contribution in [0, 0.1) is 23.2 Å². The second-order valence-electron chi connectivity index (χ2n) is 14.9. The third-order valence-corrected chi connectivity index (χ3v) is 11.2. The van der Waals surface area contributed by atoms with Gasteiger partial charge in [0.25, 0.3) is 5.91 Å². The number of carbonyl (C=O) groups excluding carboxylic acids is 1. The molecule has 0 radical (unpaired) electrons. The minimum Gasteiger partial charge on any atom is -0.478 e. The quantitative estimate of drug-likeness (QED) is 0.152. The van der Waals surface area contributed by atoms with Crippen molar-refractivity contribution in [2.45, 2.75) is 114 Å². The molecule has 1 amide bonds. The summed E-state index contributed by atoms with van der Waals surface area (Å²) in [6, 6.07) is 6.42. The fraction of sp³-hybridized carbons (Fsp3) is 0.694. The average molecular weight is 671 g/mol. The number of amides is 1. The Labute approximate surface area is 282 Å². The first-order valence-electron chi connectivity index (χ1n) is 17.7. The zero-order valence-corrected chi connectivity index (χ0v) is 28.0. The number of aromatic nitrogens is 2. The number of hydrogen-bond acceptors (Lipinski definition) is 9. The third-order valence-electron chi connectivity index (χ3n) is 11.2. The predicted molar refractivity (Wildman–Crippen MR) is 180 cm³/mol. The highest BCUT2D eigenvalue weighted by Gasteiger charge is 2.50. The minimum absolute atomic E-state index is 0.0936. The van der Waals surface area contributed by atoms with Crippen LogP contribution in [0.3, 0.4) is 0 Å². The van der Waals surface area contributed by atoms with Crippen LogP contribution in [0.1, 0.15) is 115 Å². The molecule has 5 fully saturated rings. The third kappa shape index (κ3) is 8.83. The number of nitrogens with zero attached hydrogens (tertiary/aromatic N) is 1. The van der Waals surface area contributed by atoms with Crippen molar-refractivity contribution >= 4 is 17.6 Å². The van der Waals surface area contributed by atoms with Crippen LogP contribution >= 0.6 is 0 Å². The number of aromatic amines is 1. The molecule has 0 aliphatic heterocycles. The van der Waals surface area contributed by atoms with E-state index in [2.05, 4.69) is 15.6 Å². The number of imidazole rings is 1. The average Bonchev–Trinajstić information content (AvgIpc) is 3.51. The number of aryl methyl sites for hydroxylation is 1.